The van der Waals surface area contributed by atoms with Gasteiger partial charge in [-0.2, -0.15) is 0 Å². The fraction of sp³-hybridized carbons (Fsp3) is 0.593. The van der Waals surface area contributed by atoms with E-state index in [1.165, 1.54) is 68.2 Å². The van der Waals surface area contributed by atoms with Crippen molar-refractivity contribution in [1.29, 1.82) is 0 Å². The molecule has 2 aromatic carbocycles. The molecular formula is C27H39N3O2. The van der Waals surface area contributed by atoms with Gasteiger partial charge in [0.05, 0.1) is 6.61 Å². The van der Waals surface area contributed by atoms with Crippen molar-refractivity contribution in [2.75, 3.05) is 52.4 Å². The Morgan fingerprint density at radius 3 is 2.12 bits per heavy atom. The fourth-order valence-corrected chi connectivity index (χ4v) is 5.53. The molecule has 0 radical (unpaired) electrons. The molecule has 1 N–H and O–H groups in total. The highest BCUT2D eigenvalue weighted by Gasteiger charge is 2.35. The van der Waals surface area contributed by atoms with E-state index in [0.717, 1.165) is 25.9 Å². The van der Waals surface area contributed by atoms with Crippen molar-refractivity contribution in [2.24, 2.45) is 0 Å². The van der Waals surface area contributed by atoms with E-state index in [4.69, 9.17) is 4.74 Å². The monoisotopic (exact) mass is 437 g/mol. The van der Waals surface area contributed by atoms with Gasteiger partial charge in [0.2, 0.25) is 0 Å². The van der Waals surface area contributed by atoms with Gasteiger partial charge in [0.1, 0.15) is 0 Å². The molecular weight excluding hydrogens is 398 g/mol. The van der Waals surface area contributed by atoms with Crippen LogP contribution >= 0.6 is 0 Å². The van der Waals surface area contributed by atoms with Gasteiger partial charge in [-0.05, 0) is 101 Å². The van der Waals surface area contributed by atoms with Crippen LogP contribution < -0.4 is 5.32 Å². The Hall–Kier alpha value is -2.11. The summed E-state index contributed by atoms with van der Waals surface area (Å²) >= 11 is 0. The minimum absolute atomic E-state index is 0.126. The minimum atomic E-state index is -0.306. The molecule has 4 rings (SSSR count). The van der Waals surface area contributed by atoms with E-state index in [-0.39, 0.29) is 11.5 Å². The van der Waals surface area contributed by atoms with Crippen molar-refractivity contribution in [3.8, 4) is 0 Å². The zero-order valence-electron chi connectivity index (χ0n) is 19.7. The van der Waals surface area contributed by atoms with Crippen molar-refractivity contribution in [1.82, 2.24) is 15.1 Å². The lowest BCUT2D eigenvalue weighted by atomic mass is 9.72. The lowest BCUT2D eigenvalue weighted by Gasteiger charge is -2.38. The van der Waals surface area contributed by atoms with E-state index >= 15 is 0 Å². The first-order chi connectivity index (χ1) is 15.7. The molecule has 32 heavy (non-hydrogen) atoms. The average Bonchev–Trinajstić information content (AvgIpc) is 3.53. The van der Waals surface area contributed by atoms with Crippen LogP contribution in [0.25, 0.3) is 10.8 Å². The van der Waals surface area contributed by atoms with Crippen LogP contribution in [0, 0.1) is 0 Å². The maximum atomic E-state index is 12.4. The van der Waals surface area contributed by atoms with Crippen LogP contribution in [0.2, 0.25) is 0 Å². The lowest BCUT2D eigenvalue weighted by Crippen LogP contribution is -2.45. The van der Waals surface area contributed by atoms with E-state index < -0.39 is 0 Å². The van der Waals surface area contributed by atoms with Gasteiger partial charge in [-0.15, -0.1) is 0 Å². The second-order valence-electron chi connectivity index (χ2n) is 9.48. The summed E-state index contributed by atoms with van der Waals surface area (Å²) in [7, 11) is 0. The van der Waals surface area contributed by atoms with Gasteiger partial charge in [-0.3, -0.25) is 0 Å². The van der Waals surface area contributed by atoms with Crippen molar-refractivity contribution in [3.05, 3.63) is 48.0 Å². The van der Waals surface area contributed by atoms with Gasteiger partial charge < -0.3 is 19.9 Å². The van der Waals surface area contributed by atoms with Crippen LogP contribution in [-0.4, -0.2) is 68.3 Å². The molecule has 2 aliphatic heterocycles. The van der Waals surface area contributed by atoms with Crippen LogP contribution in [0.4, 0.5) is 4.79 Å². The number of nitrogens with zero attached hydrogens (tertiary/aromatic N) is 2. The molecule has 0 aliphatic carbocycles. The molecule has 0 atom stereocenters. The number of carbonyl (C=O) groups is 1. The Morgan fingerprint density at radius 1 is 0.906 bits per heavy atom. The zero-order chi connectivity index (χ0) is 22.2. The molecule has 5 heteroatoms. The van der Waals surface area contributed by atoms with Crippen molar-refractivity contribution >= 4 is 16.9 Å². The molecule has 0 unspecified atom stereocenters. The highest BCUT2D eigenvalue weighted by Crippen LogP contribution is 2.37. The van der Waals surface area contributed by atoms with Crippen LogP contribution in [-0.2, 0) is 10.2 Å². The number of ether oxygens (including phenoxy) is 1. The maximum Gasteiger partial charge on any atom is 0.407 e. The summed E-state index contributed by atoms with van der Waals surface area (Å²) in [6.45, 7) is 9.81. The molecule has 2 aliphatic rings. The molecule has 0 spiro atoms. The minimum Gasteiger partial charge on any atom is -0.450 e. The van der Waals surface area contributed by atoms with E-state index in [1.807, 2.05) is 6.92 Å². The molecule has 2 aromatic rings. The predicted octanol–water partition coefficient (Wildman–Crippen LogP) is 4.80. The molecule has 0 saturated carbocycles. The second kappa shape index (κ2) is 11.2. The largest absolute Gasteiger partial charge is 0.450 e. The second-order valence-corrected chi connectivity index (χ2v) is 9.48. The number of likely N-dealkylation sites (tertiary alicyclic amines) is 2. The summed E-state index contributed by atoms with van der Waals surface area (Å²) in [5.74, 6) is 0. The number of nitrogens with one attached hydrogen (secondary N) is 1. The molecule has 1 amide bonds. The van der Waals surface area contributed by atoms with E-state index in [1.54, 1.807) is 0 Å². The Bertz CT molecular complexity index is 847. The number of alkyl carbamates (subject to hydrolysis) is 1. The van der Waals surface area contributed by atoms with Gasteiger partial charge in [-0.1, -0.05) is 42.5 Å². The van der Waals surface area contributed by atoms with Crippen LogP contribution in [0.3, 0.4) is 0 Å². The van der Waals surface area contributed by atoms with E-state index in [0.29, 0.717) is 13.2 Å². The standard InChI is InChI=1S/C27H39N3O2/c1-2-32-26(31)28-22-27(14-20-29-16-5-6-17-29,15-21-30-18-7-8-19-30)25-13-9-11-23-10-3-4-12-24(23)25/h3-4,9-13H,2,5-8,14-22H2,1H3,(H,28,31). The topological polar surface area (TPSA) is 44.8 Å². The molecule has 2 saturated heterocycles. The third-order valence-corrected chi connectivity index (χ3v) is 7.42. The van der Waals surface area contributed by atoms with Crippen LogP contribution in [0.15, 0.2) is 42.5 Å². The third kappa shape index (κ3) is 5.62. The zero-order valence-corrected chi connectivity index (χ0v) is 19.7. The number of hydrogen-bond donors (Lipinski definition) is 1. The number of hydrogen-bond acceptors (Lipinski definition) is 4. The first kappa shape index (κ1) is 23.1. The number of carbonyl (C=O) groups excluding carboxylic acids is 1. The third-order valence-electron chi connectivity index (χ3n) is 7.42. The number of fused-ring (bicyclic) bond motifs is 1. The first-order valence-electron chi connectivity index (χ1n) is 12.5. The summed E-state index contributed by atoms with van der Waals surface area (Å²) in [5.41, 5.74) is 1.24. The Balaban J connectivity index is 1.67. The maximum absolute atomic E-state index is 12.4. The number of amides is 1. The number of benzene rings is 2. The fourth-order valence-electron chi connectivity index (χ4n) is 5.53. The van der Waals surface area contributed by atoms with E-state index in [9.17, 15) is 4.79 Å². The summed E-state index contributed by atoms with van der Waals surface area (Å²) in [6.07, 6.45) is 6.99. The Morgan fingerprint density at radius 2 is 1.50 bits per heavy atom. The highest BCUT2D eigenvalue weighted by molar-refractivity contribution is 5.86. The average molecular weight is 438 g/mol. The molecule has 2 heterocycles. The number of rotatable bonds is 10. The molecule has 2 fully saturated rings. The highest BCUT2D eigenvalue weighted by atomic mass is 16.5. The normalized spacial score (nSPS) is 17.8. The van der Waals surface area contributed by atoms with Crippen molar-refractivity contribution in [3.63, 3.8) is 0 Å². The van der Waals surface area contributed by atoms with Gasteiger partial charge in [0, 0.05) is 12.0 Å². The van der Waals surface area contributed by atoms with Gasteiger partial charge in [0.25, 0.3) is 0 Å². The van der Waals surface area contributed by atoms with Crippen LogP contribution in [0.5, 0.6) is 0 Å². The molecule has 0 aromatic heterocycles. The van der Waals surface area contributed by atoms with Gasteiger partial charge in [0.15, 0.2) is 0 Å². The summed E-state index contributed by atoms with van der Waals surface area (Å²) in [4.78, 5) is 17.5. The van der Waals surface area contributed by atoms with Crippen LogP contribution in [0.1, 0.15) is 51.0 Å². The molecule has 174 valence electrons. The molecule has 5 nitrogen and oxygen atoms in total. The van der Waals surface area contributed by atoms with Gasteiger partial charge >= 0.3 is 6.09 Å². The Labute approximate surface area is 193 Å². The summed E-state index contributed by atoms with van der Waals surface area (Å²) < 4.78 is 5.25. The quantitative estimate of drug-likeness (QED) is 0.580. The summed E-state index contributed by atoms with van der Waals surface area (Å²) in [6, 6.07) is 15.4. The smallest absolute Gasteiger partial charge is 0.407 e. The van der Waals surface area contributed by atoms with E-state index in [2.05, 4.69) is 57.6 Å². The lowest BCUT2D eigenvalue weighted by molar-refractivity contribution is 0.146. The first-order valence-corrected chi connectivity index (χ1v) is 12.5. The predicted molar refractivity (Wildman–Crippen MR) is 131 cm³/mol. The van der Waals surface area contributed by atoms with Crippen molar-refractivity contribution < 1.29 is 9.53 Å². The van der Waals surface area contributed by atoms with Crippen molar-refractivity contribution in [2.45, 2.75) is 50.9 Å². The molecule has 0 bridgehead atoms. The van der Waals surface area contributed by atoms with Gasteiger partial charge in [-0.25, -0.2) is 4.79 Å². The SMILES string of the molecule is CCOC(=O)NCC(CCN1CCCC1)(CCN1CCCC1)c1cccc2ccccc12. The Kier molecular flexibility index (Phi) is 8.04. The summed E-state index contributed by atoms with van der Waals surface area (Å²) in [5, 5.41) is 5.72.